The maximum absolute atomic E-state index is 11.5. The maximum atomic E-state index is 11.5. The number of aromatic amines is 2. The van der Waals surface area contributed by atoms with E-state index in [0.29, 0.717) is 18.5 Å². The predicted molar refractivity (Wildman–Crippen MR) is 168 cm³/mol. The quantitative estimate of drug-likeness (QED) is 0.221. The first-order valence-electron chi connectivity index (χ1n) is 14.6. The minimum Gasteiger partial charge on any atom is -0.481 e. The number of aryl methyl sites for hydroxylation is 4. The van der Waals surface area contributed by atoms with Crippen LogP contribution in [0.2, 0.25) is 0 Å². The van der Waals surface area contributed by atoms with Crippen LogP contribution in [0, 0.1) is 13.8 Å². The Morgan fingerprint density at radius 2 is 1.07 bits per heavy atom. The number of nitrogens with one attached hydrogen (secondary N) is 2. The number of hydrogen-bond acceptors (Lipinski definition) is 4. The molecule has 0 saturated heterocycles. The van der Waals surface area contributed by atoms with E-state index in [2.05, 4.69) is 55.9 Å². The highest BCUT2D eigenvalue weighted by molar-refractivity contribution is 5.95. The summed E-state index contributed by atoms with van der Waals surface area (Å²) in [6.07, 6.45) is 2.41. The number of aliphatic carboxylic acids is 2. The molecule has 3 aromatic heterocycles. The van der Waals surface area contributed by atoms with Crippen LogP contribution in [-0.2, 0) is 22.4 Å². The van der Waals surface area contributed by atoms with Gasteiger partial charge in [-0.15, -0.1) is 0 Å². The summed E-state index contributed by atoms with van der Waals surface area (Å²) in [7, 11) is 0. The fourth-order valence-corrected chi connectivity index (χ4v) is 6.22. The number of allylic oxidation sites excluding steroid dienone is 4. The number of hydrogen-bond donors (Lipinski definition) is 4. The molecule has 0 aliphatic carbocycles. The Labute approximate surface area is 245 Å². The van der Waals surface area contributed by atoms with Crippen molar-refractivity contribution >= 4 is 56.3 Å². The molecule has 8 bridgehead atoms. The lowest BCUT2D eigenvalue weighted by molar-refractivity contribution is -0.137. The Balaban J connectivity index is 1.93. The number of carboxylic acid groups (broad SMARTS) is 2. The average molecular weight is 567 g/mol. The summed E-state index contributed by atoms with van der Waals surface area (Å²) >= 11 is 0. The van der Waals surface area contributed by atoms with Crippen molar-refractivity contribution in [2.24, 2.45) is 0 Å². The summed E-state index contributed by atoms with van der Waals surface area (Å²) in [5.74, 6) is -1.73. The fraction of sp³-hybridized carbons (Fsp3) is 0.353. The van der Waals surface area contributed by atoms with Gasteiger partial charge in [-0.2, -0.15) is 0 Å². The molecule has 0 spiro atoms. The van der Waals surface area contributed by atoms with Gasteiger partial charge < -0.3 is 20.2 Å². The summed E-state index contributed by atoms with van der Waals surface area (Å²) in [5.41, 5.74) is 15.4. The molecule has 0 amide bonds. The van der Waals surface area contributed by atoms with Crippen LogP contribution in [0.15, 0.2) is 24.3 Å². The minimum atomic E-state index is -0.864. The zero-order chi connectivity index (χ0) is 30.3. The molecule has 4 N–H and O–H groups in total. The Morgan fingerprint density at radius 3 is 1.60 bits per heavy atom. The number of aromatic nitrogens is 4. The second-order valence-corrected chi connectivity index (χ2v) is 11.2. The summed E-state index contributed by atoms with van der Waals surface area (Å²) in [6, 6.07) is 8.19. The molecule has 0 unspecified atom stereocenters. The molecule has 2 aliphatic rings. The Morgan fingerprint density at radius 1 is 0.619 bits per heavy atom. The van der Waals surface area contributed by atoms with Crippen molar-refractivity contribution < 1.29 is 19.8 Å². The van der Waals surface area contributed by atoms with Crippen molar-refractivity contribution in [3.8, 4) is 0 Å². The van der Waals surface area contributed by atoms with E-state index in [1.807, 2.05) is 19.9 Å². The number of H-pyrrole nitrogens is 2. The highest BCUT2D eigenvalue weighted by Crippen LogP contribution is 2.36. The molecule has 0 radical (unpaired) electrons. The van der Waals surface area contributed by atoms with Gasteiger partial charge in [0.1, 0.15) is 0 Å². The number of rotatable bonds is 8. The molecule has 218 valence electrons. The lowest BCUT2D eigenvalue weighted by atomic mass is 10.00. The van der Waals surface area contributed by atoms with Gasteiger partial charge in [0, 0.05) is 34.9 Å². The zero-order valence-corrected chi connectivity index (χ0v) is 25.2. The van der Waals surface area contributed by atoms with Crippen molar-refractivity contribution in [1.29, 1.82) is 0 Å². The molecule has 0 saturated carbocycles. The lowest BCUT2D eigenvalue weighted by Crippen LogP contribution is -1.98. The highest BCUT2D eigenvalue weighted by Gasteiger charge is 2.21. The van der Waals surface area contributed by atoms with Gasteiger partial charge in [0.2, 0.25) is 0 Å². The normalized spacial score (nSPS) is 13.3. The molecule has 0 aromatic carbocycles. The van der Waals surface area contributed by atoms with Crippen molar-refractivity contribution in [1.82, 2.24) is 19.9 Å². The van der Waals surface area contributed by atoms with Crippen LogP contribution in [0.5, 0.6) is 0 Å². The summed E-state index contributed by atoms with van der Waals surface area (Å²) in [6.45, 7) is 12.5. The van der Waals surface area contributed by atoms with E-state index in [1.54, 1.807) is 0 Å². The van der Waals surface area contributed by atoms with Crippen molar-refractivity contribution in [3.05, 3.63) is 69.3 Å². The molecule has 5 heterocycles. The van der Waals surface area contributed by atoms with E-state index in [1.165, 1.54) is 11.1 Å². The third-order valence-corrected chi connectivity index (χ3v) is 8.69. The lowest BCUT2D eigenvalue weighted by Gasteiger charge is -2.03. The van der Waals surface area contributed by atoms with Crippen molar-refractivity contribution in [2.75, 3.05) is 0 Å². The molecule has 2 aliphatic heterocycles. The standard InChI is InChI=1S/C34H38N4O4/c1-7-21-17(3)25-13-27-19(5)23(9-11-33(39)40)31(37-27)16-32-24(10-12-34(41)42)20(6)28(38-32)14-26-18(4)22(8-2)30(36-26)15-29(21)35-25/h13-16,35,38H,7-12H2,1-6H3,(H,39,40)(H,41,42). The van der Waals surface area contributed by atoms with Gasteiger partial charge in [0.25, 0.3) is 0 Å². The van der Waals surface area contributed by atoms with E-state index in [0.717, 1.165) is 85.4 Å². The zero-order valence-electron chi connectivity index (χ0n) is 25.2. The molecule has 8 heteroatoms. The van der Waals surface area contributed by atoms with E-state index in [9.17, 15) is 19.8 Å². The first-order valence-corrected chi connectivity index (χ1v) is 14.6. The molecule has 0 atom stereocenters. The number of carboxylic acids is 2. The molecular weight excluding hydrogens is 528 g/mol. The topological polar surface area (TPSA) is 132 Å². The minimum absolute atomic E-state index is 0.00192. The van der Waals surface area contributed by atoms with Crippen molar-refractivity contribution in [2.45, 2.75) is 80.1 Å². The van der Waals surface area contributed by atoms with Crippen LogP contribution in [0.1, 0.15) is 98.4 Å². The average Bonchev–Trinajstić information content (AvgIpc) is 3.59. The second-order valence-electron chi connectivity index (χ2n) is 11.2. The van der Waals surface area contributed by atoms with Gasteiger partial charge in [0.05, 0.1) is 22.8 Å². The molecule has 0 fully saturated rings. The van der Waals surface area contributed by atoms with Crippen molar-refractivity contribution in [3.63, 3.8) is 0 Å². The molecule has 8 nitrogen and oxygen atoms in total. The number of carbonyl (C=O) groups is 2. The summed E-state index contributed by atoms with van der Waals surface area (Å²) in [5, 5.41) is 18.9. The first kappa shape index (κ1) is 29.0. The number of fused-ring (bicyclic) bond motifs is 8. The van der Waals surface area contributed by atoms with E-state index in [-0.39, 0.29) is 12.8 Å². The third-order valence-electron chi connectivity index (χ3n) is 8.69. The van der Waals surface area contributed by atoms with Crippen LogP contribution in [0.4, 0.5) is 0 Å². The van der Waals surface area contributed by atoms with Gasteiger partial charge in [-0.3, -0.25) is 9.59 Å². The van der Waals surface area contributed by atoms with Crippen LogP contribution in [-0.4, -0.2) is 42.1 Å². The molecule has 5 rings (SSSR count). The SMILES string of the molecule is CCC1=C(C)c2cc3[nH]c(cc4nc(cc5[nH]c(cc1n2)c(CC)c5C)C(C)=C4CCC(=O)O)c(CCC(=O)O)c3C. The molecular formula is C34H38N4O4. The predicted octanol–water partition coefficient (Wildman–Crippen LogP) is 7.65. The monoisotopic (exact) mass is 566 g/mol. The third kappa shape index (κ3) is 5.29. The smallest absolute Gasteiger partial charge is 0.303 e. The Kier molecular flexibility index (Phi) is 7.91. The van der Waals surface area contributed by atoms with Gasteiger partial charge in [-0.1, -0.05) is 13.8 Å². The van der Waals surface area contributed by atoms with Gasteiger partial charge >= 0.3 is 11.9 Å². The van der Waals surface area contributed by atoms with E-state index < -0.39 is 11.9 Å². The number of nitrogens with zero attached hydrogens (tertiary/aromatic N) is 2. The van der Waals surface area contributed by atoms with Gasteiger partial charge in [-0.25, -0.2) is 9.97 Å². The largest absolute Gasteiger partial charge is 0.481 e. The molecule has 42 heavy (non-hydrogen) atoms. The fourth-order valence-electron chi connectivity index (χ4n) is 6.22. The van der Waals surface area contributed by atoms with Crippen LogP contribution in [0.25, 0.3) is 44.4 Å². The highest BCUT2D eigenvalue weighted by atomic mass is 16.4. The Bertz CT molecular complexity index is 1850. The molecule has 3 aromatic rings. The van der Waals surface area contributed by atoms with E-state index >= 15 is 0 Å². The van der Waals surface area contributed by atoms with Crippen LogP contribution >= 0.6 is 0 Å². The van der Waals surface area contributed by atoms with E-state index in [4.69, 9.17) is 9.97 Å². The van der Waals surface area contributed by atoms with Gasteiger partial charge in [-0.05, 0) is 122 Å². The summed E-state index contributed by atoms with van der Waals surface area (Å²) in [4.78, 5) is 40.3. The first-order chi connectivity index (χ1) is 20.0. The second kappa shape index (κ2) is 11.4. The van der Waals surface area contributed by atoms with Crippen LogP contribution in [0.3, 0.4) is 0 Å². The Hall–Kier alpha value is -4.46. The van der Waals surface area contributed by atoms with Gasteiger partial charge in [0.15, 0.2) is 0 Å². The van der Waals surface area contributed by atoms with Crippen LogP contribution < -0.4 is 0 Å². The summed E-state index contributed by atoms with van der Waals surface area (Å²) < 4.78 is 0. The maximum Gasteiger partial charge on any atom is 0.303 e.